The zero-order chi connectivity index (χ0) is 18.7. The molecular weight excluding hydrogens is 356 g/mol. The minimum Gasteiger partial charge on any atom is -0.493 e. The van der Waals surface area contributed by atoms with Gasteiger partial charge in [-0.2, -0.15) is 20.5 Å². The van der Waals surface area contributed by atoms with Crippen LogP contribution in [0.2, 0.25) is 0 Å². The first-order chi connectivity index (χ1) is 12.5. The Kier molecular flexibility index (Phi) is 4.81. The Balaban J connectivity index is 1.92. The van der Waals surface area contributed by atoms with Crippen LogP contribution in [0.5, 0.6) is 5.88 Å². The zero-order valence-corrected chi connectivity index (χ0v) is 14.3. The molecule has 0 bridgehead atoms. The van der Waals surface area contributed by atoms with E-state index in [1.165, 1.54) is 6.07 Å². The number of benzene rings is 1. The minimum absolute atomic E-state index is 0.184. The fraction of sp³-hybridized carbons (Fsp3) is 0.125. The Morgan fingerprint density at radius 3 is 2.88 bits per heavy atom. The van der Waals surface area contributed by atoms with Crippen molar-refractivity contribution in [3.63, 3.8) is 0 Å². The number of rotatable bonds is 4. The van der Waals surface area contributed by atoms with Crippen molar-refractivity contribution in [2.24, 2.45) is 10.2 Å². The van der Waals surface area contributed by atoms with Crippen molar-refractivity contribution in [2.75, 3.05) is 18.1 Å². The molecule has 0 aliphatic carbocycles. The molecule has 0 fully saturated rings. The van der Waals surface area contributed by atoms with Crippen molar-refractivity contribution in [1.82, 2.24) is 9.97 Å². The lowest BCUT2D eigenvalue weighted by atomic mass is 10.1. The maximum absolute atomic E-state index is 12.4. The predicted octanol–water partition coefficient (Wildman–Crippen LogP) is 2.13. The van der Waals surface area contributed by atoms with E-state index in [1.54, 1.807) is 18.4 Å². The number of nitrogens with one attached hydrogen (secondary N) is 2. The molecule has 3 rings (SSSR count). The summed E-state index contributed by atoms with van der Waals surface area (Å²) in [6.45, 7) is 0.483. The number of carbonyl (C=O) groups is 1. The maximum atomic E-state index is 12.4. The first-order valence-corrected chi connectivity index (χ1v) is 8.56. The van der Waals surface area contributed by atoms with Crippen molar-refractivity contribution < 1.29 is 9.90 Å². The highest BCUT2D eigenvalue weighted by Gasteiger charge is 2.20. The van der Waals surface area contributed by atoms with Crippen LogP contribution in [0.25, 0.3) is 5.70 Å². The molecule has 26 heavy (non-hydrogen) atoms. The van der Waals surface area contributed by atoms with E-state index in [-0.39, 0.29) is 16.4 Å². The number of aromatic nitrogens is 2. The Morgan fingerprint density at radius 2 is 2.27 bits per heavy atom. The quantitative estimate of drug-likeness (QED) is 0.557. The molecular formula is C16H12N6O3S. The number of azo groups is 1. The van der Waals surface area contributed by atoms with Gasteiger partial charge >= 0.3 is 0 Å². The van der Waals surface area contributed by atoms with Crippen LogP contribution in [-0.2, 0) is 0 Å². The summed E-state index contributed by atoms with van der Waals surface area (Å²) in [4.78, 5) is 30.5. The largest absolute Gasteiger partial charge is 0.493 e. The molecule has 1 aliphatic rings. The number of carbonyl (C=O) groups excluding carboxylic acids is 1. The second-order valence-electron chi connectivity index (χ2n) is 5.11. The van der Waals surface area contributed by atoms with Crippen molar-refractivity contribution >= 4 is 29.1 Å². The number of anilines is 1. The van der Waals surface area contributed by atoms with Crippen molar-refractivity contribution in [2.45, 2.75) is 5.16 Å². The molecule has 1 aromatic carbocycles. The van der Waals surface area contributed by atoms with Crippen molar-refractivity contribution in [3.05, 3.63) is 51.3 Å². The molecule has 0 saturated carbocycles. The number of amides is 1. The van der Waals surface area contributed by atoms with Gasteiger partial charge in [-0.05, 0) is 24.5 Å². The predicted molar refractivity (Wildman–Crippen MR) is 95.1 cm³/mol. The fourth-order valence-corrected chi connectivity index (χ4v) is 2.67. The minimum atomic E-state index is -0.868. The van der Waals surface area contributed by atoms with E-state index in [0.29, 0.717) is 17.8 Å². The van der Waals surface area contributed by atoms with Crippen molar-refractivity contribution in [3.8, 4) is 11.9 Å². The normalized spacial score (nSPS) is 12.5. The maximum Gasteiger partial charge on any atom is 0.268 e. The molecule has 1 aromatic heterocycles. The van der Waals surface area contributed by atoms with Crippen LogP contribution in [0.15, 0.2) is 44.5 Å². The number of aromatic amines is 1. The van der Waals surface area contributed by atoms with E-state index in [4.69, 9.17) is 0 Å². The number of thioether (sulfide) groups is 1. The summed E-state index contributed by atoms with van der Waals surface area (Å²) in [6, 6.07) is 6.74. The number of aromatic hydroxyl groups is 1. The zero-order valence-electron chi connectivity index (χ0n) is 13.5. The second-order valence-corrected chi connectivity index (χ2v) is 5.91. The average Bonchev–Trinajstić information content (AvgIpc) is 3.16. The smallest absolute Gasteiger partial charge is 0.268 e. The Labute approximate surface area is 151 Å². The van der Waals surface area contributed by atoms with Crippen molar-refractivity contribution in [1.29, 1.82) is 5.26 Å². The van der Waals surface area contributed by atoms with Gasteiger partial charge in [0.1, 0.15) is 6.07 Å². The van der Waals surface area contributed by atoms with Crippen LogP contribution in [0.4, 0.5) is 5.69 Å². The van der Waals surface area contributed by atoms with Crippen LogP contribution in [0.3, 0.4) is 0 Å². The lowest BCUT2D eigenvalue weighted by Gasteiger charge is -2.09. The standard InChI is InChI=1S/C16H12N6O3S/c1-26-16-20-14(24)12(15(25)21-16)13(23)19-10-3-2-8(6-9(10)7-17)11-4-5-18-22-11/h2-4,6H,5H2,1H3,(H,19,23)(H2,20,21,24,25). The molecule has 0 unspecified atom stereocenters. The summed E-state index contributed by atoms with van der Waals surface area (Å²) in [7, 11) is 0. The van der Waals surface area contributed by atoms with Gasteiger partial charge in [0.05, 0.1) is 23.5 Å². The molecule has 9 nitrogen and oxygen atoms in total. The van der Waals surface area contributed by atoms with Gasteiger partial charge < -0.3 is 15.4 Å². The Bertz CT molecular complexity index is 1050. The summed E-state index contributed by atoms with van der Waals surface area (Å²) < 4.78 is 0. The van der Waals surface area contributed by atoms with E-state index in [0.717, 1.165) is 11.8 Å². The molecule has 10 heteroatoms. The number of nitrogens with zero attached hydrogens (tertiary/aromatic N) is 4. The molecule has 3 N–H and O–H groups in total. The fourth-order valence-electron chi connectivity index (χ4n) is 2.29. The topological polar surface area (TPSA) is 144 Å². The van der Waals surface area contributed by atoms with Gasteiger partial charge in [0.15, 0.2) is 10.7 Å². The molecule has 2 aromatic rings. The molecule has 130 valence electrons. The number of hydrogen-bond donors (Lipinski definition) is 3. The average molecular weight is 368 g/mol. The molecule has 0 radical (unpaired) electrons. The lowest BCUT2D eigenvalue weighted by Crippen LogP contribution is -2.24. The summed E-state index contributed by atoms with van der Waals surface area (Å²) in [5.74, 6) is -1.55. The van der Waals surface area contributed by atoms with Gasteiger partial charge in [-0.25, -0.2) is 0 Å². The number of hydrogen-bond acceptors (Lipinski definition) is 8. The van der Waals surface area contributed by atoms with E-state index >= 15 is 0 Å². The van der Waals surface area contributed by atoms with Gasteiger partial charge in [-0.3, -0.25) is 9.59 Å². The Hall–Kier alpha value is -3.45. The summed E-state index contributed by atoms with van der Waals surface area (Å²) >= 11 is 1.12. The summed E-state index contributed by atoms with van der Waals surface area (Å²) in [5, 5.41) is 29.6. The highest BCUT2D eigenvalue weighted by Crippen LogP contribution is 2.25. The first-order valence-electron chi connectivity index (χ1n) is 7.34. The monoisotopic (exact) mass is 368 g/mol. The highest BCUT2D eigenvalue weighted by molar-refractivity contribution is 7.98. The van der Waals surface area contributed by atoms with Gasteiger partial charge in [-0.15, -0.1) is 0 Å². The summed E-state index contributed by atoms with van der Waals surface area (Å²) in [6.07, 6.45) is 3.48. The molecule has 0 saturated heterocycles. The summed E-state index contributed by atoms with van der Waals surface area (Å²) in [5.41, 5.74) is 0.417. The van der Waals surface area contributed by atoms with Crippen LogP contribution in [0.1, 0.15) is 21.5 Å². The third-order valence-electron chi connectivity index (χ3n) is 3.53. The number of nitriles is 1. The van der Waals surface area contributed by atoms with Gasteiger partial charge in [0.25, 0.3) is 11.5 Å². The van der Waals surface area contributed by atoms with E-state index < -0.39 is 22.9 Å². The van der Waals surface area contributed by atoms with E-state index in [2.05, 4.69) is 25.5 Å². The third-order valence-corrected chi connectivity index (χ3v) is 4.11. The Morgan fingerprint density at radius 1 is 1.46 bits per heavy atom. The molecule has 2 heterocycles. The SMILES string of the molecule is CSc1nc(O)c(C(=O)Nc2ccc(C3=CCN=N3)cc2C#N)c(=O)[nH]1. The first kappa shape index (κ1) is 17.4. The molecule has 0 atom stereocenters. The van der Waals surface area contributed by atoms with Gasteiger partial charge in [0.2, 0.25) is 5.88 Å². The molecule has 1 amide bonds. The molecule has 0 spiro atoms. The van der Waals surface area contributed by atoms with Crippen LogP contribution in [-0.4, -0.2) is 33.8 Å². The highest BCUT2D eigenvalue weighted by atomic mass is 32.2. The van der Waals surface area contributed by atoms with E-state index in [1.807, 2.05) is 12.1 Å². The van der Waals surface area contributed by atoms with E-state index in [9.17, 15) is 20.0 Å². The van der Waals surface area contributed by atoms with Gasteiger partial charge in [-0.1, -0.05) is 17.8 Å². The van der Waals surface area contributed by atoms with Gasteiger partial charge in [0, 0.05) is 5.56 Å². The lowest BCUT2D eigenvalue weighted by molar-refractivity contribution is 0.102. The third kappa shape index (κ3) is 3.33. The number of H-pyrrole nitrogens is 1. The van der Waals surface area contributed by atoms with Crippen LogP contribution >= 0.6 is 11.8 Å². The van der Waals surface area contributed by atoms with Crippen LogP contribution in [0, 0.1) is 11.3 Å². The van der Waals surface area contributed by atoms with Crippen LogP contribution < -0.4 is 10.9 Å². The molecule has 1 aliphatic heterocycles. The second kappa shape index (κ2) is 7.20.